The standard InChI is InChI=1S/C36H68O6/c1-5-7-9-11-14-19-23-27-34(37)40-30-33(42-36(39)29-25-21-15-12-10-8-6-2)31-41-35(38)28-24-20-17-13-16-18-22-26-32(3)4/h32-33H,5-31H2,1-4H3/t33-/m0/s1. The lowest BCUT2D eigenvalue weighted by molar-refractivity contribution is -0.167. The molecule has 42 heavy (non-hydrogen) atoms. The normalized spacial score (nSPS) is 11.9. The molecule has 248 valence electrons. The summed E-state index contributed by atoms with van der Waals surface area (Å²) in [7, 11) is 0. The molecule has 0 saturated heterocycles. The highest BCUT2D eigenvalue weighted by Gasteiger charge is 2.19. The smallest absolute Gasteiger partial charge is 0.306 e. The average molecular weight is 597 g/mol. The molecule has 0 aromatic heterocycles. The molecule has 6 nitrogen and oxygen atoms in total. The minimum absolute atomic E-state index is 0.0673. The third-order valence-electron chi connectivity index (χ3n) is 7.79. The Morgan fingerprint density at radius 3 is 1.17 bits per heavy atom. The molecule has 0 N–H and O–H groups in total. The molecule has 6 heteroatoms. The highest BCUT2D eigenvalue weighted by Crippen LogP contribution is 2.14. The second kappa shape index (κ2) is 30.9. The van der Waals surface area contributed by atoms with Crippen LogP contribution in [0, 0.1) is 5.92 Å². The minimum atomic E-state index is -0.755. The molecule has 0 bridgehead atoms. The molecular weight excluding hydrogens is 528 g/mol. The Kier molecular flexibility index (Phi) is 29.7. The molecule has 0 amide bonds. The van der Waals surface area contributed by atoms with Crippen molar-refractivity contribution in [3.05, 3.63) is 0 Å². The fourth-order valence-corrected chi connectivity index (χ4v) is 5.04. The van der Waals surface area contributed by atoms with Crippen LogP contribution in [0.1, 0.15) is 188 Å². The van der Waals surface area contributed by atoms with Crippen molar-refractivity contribution in [3.8, 4) is 0 Å². The van der Waals surface area contributed by atoms with Crippen LogP contribution >= 0.6 is 0 Å². The summed E-state index contributed by atoms with van der Waals surface area (Å²) in [6, 6.07) is 0. The zero-order valence-corrected chi connectivity index (χ0v) is 28.2. The van der Waals surface area contributed by atoms with Crippen molar-refractivity contribution in [1.82, 2.24) is 0 Å². The number of carbonyl (C=O) groups excluding carboxylic acids is 3. The molecule has 0 radical (unpaired) electrons. The van der Waals surface area contributed by atoms with Gasteiger partial charge in [-0.3, -0.25) is 14.4 Å². The van der Waals surface area contributed by atoms with Crippen LogP contribution in [0.25, 0.3) is 0 Å². The van der Waals surface area contributed by atoms with E-state index in [9.17, 15) is 14.4 Å². The van der Waals surface area contributed by atoms with Crippen molar-refractivity contribution in [1.29, 1.82) is 0 Å². The van der Waals surface area contributed by atoms with Crippen molar-refractivity contribution in [2.75, 3.05) is 13.2 Å². The third kappa shape index (κ3) is 29.9. The van der Waals surface area contributed by atoms with Crippen molar-refractivity contribution in [2.45, 2.75) is 194 Å². The molecular formula is C36H68O6. The largest absolute Gasteiger partial charge is 0.462 e. The van der Waals surface area contributed by atoms with E-state index in [2.05, 4.69) is 27.7 Å². The van der Waals surface area contributed by atoms with E-state index in [0.717, 1.165) is 63.7 Å². The van der Waals surface area contributed by atoms with Crippen LogP contribution in [0.4, 0.5) is 0 Å². The first-order chi connectivity index (χ1) is 20.4. The molecule has 0 fully saturated rings. The highest BCUT2D eigenvalue weighted by atomic mass is 16.6. The molecule has 0 heterocycles. The second-order valence-electron chi connectivity index (χ2n) is 12.6. The summed E-state index contributed by atoms with van der Waals surface area (Å²) in [4.78, 5) is 37.1. The summed E-state index contributed by atoms with van der Waals surface area (Å²) in [5.41, 5.74) is 0. The number of unbranched alkanes of at least 4 members (excludes halogenated alkanes) is 18. The second-order valence-corrected chi connectivity index (χ2v) is 12.6. The highest BCUT2D eigenvalue weighted by molar-refractivity contribution is 5.71. The topological polar surface area (TPSA) is 78.9 Å². The van der Waals surface area contributed by atoms with E-state index in [-0.39, 0.29) is 31.1 Å². The van der Waals surface area contributed by atoms with Gasteiger partial charge in [-0.25, -0.2) is 0 Å². The molecule has 0 aromatic carbocycles. The van der Waals surface area contributed by atoms with Crippen LogP contribution in [-0.2, 0) is 28.6 Å². The molecule has 0 aliphatic rings. The molecule has 0 rings (SSSR count). The van der Waals surface area contributed by atoms with Crippen LogP contribution in [0.2, 0.25) is 0 Å². The Labute approximate surface area is 259 Å². The van der Waals surface area contributed by atoms with Gasteiger partial charge in [-0.05, 0) is 25.2 Å². The first kappa shape index (κ1) is 40.4. The number of rotatable bonds is 31. The van der Waals surface area contributed by atoms with Crippen LogP contribution in [0.3, 0.4) is 0 Å². The number of ether oxygens (including phenoxy) is 3. The fourth-order valence-electron chi connectivity index (χ4n) is 5.04. The summed E-state index contributed by atoms with van der Waals surface area (Å²) in [6.45, 7) is 8.81. The first-order valence-electron chi connectivity index (χ1n) is 17.9. The minimum Gasteiger partial charge on any atom is -0.462 e. The van der Waals surface area contributed by atoms with E-state index < -0.39 is 6.10 Å². The SMILES string of the molecule is CCCCCCCCCC(=O)OC[C@@H](COC(=O)CCCCCCCCCC(C)C)OC(=O)CCCCCCCCC. The van der Waals surface area contributed by atoms with E-state index in [1.165, 1.54) is 83.5 Å². The van der Waals surface area contributed by atoms with Gasteiger partial charge in [-0.1, -0.05) is 150 Å². The van der Waals surface area contributed by atoms with Gasteiger partial charge >= 0.3 is 17.9 Å². The van der Waals surface area contributed by atoms with Crippen LogP contribution in [-0.4, -0.2) is 37.2 Å². The number of hydrogen-bond donors (Lipinski definition) is 0. The zero-order valence-electron chi connectivity index (χ0n) is 28.2. The van der Waals surface area contributed by atoms with Gasteiger partial charge in [0.2, 0.25) is 0 Å². The summed E-state index contributed by atoms with van der Waals surface area (Å²) in [5, 5.41) is 0. The van der Waals surface area contributed by atoms with E-state index in [1.54, 1.807) is 0 Å². The fraction of sp³-hybridized carbons (Fsp3) is 0.917. The van der Waals surface area contributed by atoms with Gasteiger partial charge in [0, 0.05) is 19.3 Å². The van der Waals surface area contributed by atoms with E-state index in [4.69, 9.17) is 14.2 Å². The number of carbonyl (C=O) groups is 3. The molecule has 0 aliphatic carbocycles. The summed E-state index contributed by atoms with van der Waals surface area (Å²) in [6.07, 6.45) is 25.4. The van der Waals surface area contributed by atoms with Crippen molar-refractivity contribution in [3.63, 3.8) is 0 Å². The molecule has 0 spiro atoms. The molecule has 0 unspecified atom stereocenters. The maximum Gasteiger partial charge on any atom is 0.306 e. The molecule has 0 aromatic rings. The molecule has 0 saturated carbocycles. The Balaban J connectivity index is 4.33. The summed E-state index contributed by atoms with van der Waals surface area (Å²) in [5.74, 6) is -0.103. The summed E-state index contributed by atoms with van der Waals surface area (Å²) < 4.78 is 16.4. The summed E-state index contributed by atoms with van der Waals surface area (Å²) >= 11 is 0. The van der Waals surface area contributed by atoms with Crippen molar-refractivity contribution < 1.29 is 28.6 Å². The quantitative estimate of drug-likeness (QED) is 0.0450. The van der Waals surface area contributed by atoms with Gasteiger partial charge in [0.05, 0.1) is 0 Å². The lowest BCUT2D eigenvalue weighted by Crippen LogP contribution is -2.30. The Bertz CT molecular complexity index is 632. The average Bonchev–Trinajstić information content (AvgIpc) is 2.96. The van der Waals surface area contributed by atoms with Crippen LogP contribution in [0.5, 0.6) is 0 Å². The van der Waals surface area contributed by atoms with Crippen molar-refractivity contribution >= 4 is 17.9 Å². The Morgan fingerprint density at radius 1 is 0.452 bits per heavy atom. The maximum atomic E-state index is 12.5. The van der Waals surface area contributed by atoms with Gasteiger partial charge in [0.25, 0.3) is 0 Å². The predicted molar refractivity (Wildman–Crippen MR) is 173 cm³/mol. The number of esters is 3. The monoisotopic (exact) mass is 597 g/mol. The van der Waals surface area contributed by atoms with Gasteiger partial charge < -0.3 is 14.2 Å². The van der Waals surface area contributed by atoms with Gasteiger partial charge in [-0.15, -0.1) is 0 Å². The van der Waals surface area contributed by atoms with Gasteiger partial charge in [0.1, 0.15) is 13.2 Å². The lowest BCUT2D eigenvalue weighted by Gasteiger charge is -2.18. The van der Waals surface area contributed by atoms with E-state index in [0.29, 0.717) is 19.3 Å². The van der Waals surface area contributed by atoms with Gasteiger partial charge in [0.15, 0.2) is 6.10 Å². The molecule has 0 aliphatic heterocycles. The third-order valence-corrected chi connectivity index (χ3v) is 7.79. The number of hydrogen-bond acceptors (Lipinski definition) is 6. The molecule has 1 atom stereocenters. The lowest BCUT2D eigenvalue weighted by atomic mass is 10.0. The first-order valence-corrected chi connectivity index (χ1v) is 17.9. The Hall–Kier alpha value is -1.59. The van der Waals surface area contributed by atoms with Crippen LogP contribution in [0.15, 0.2) is 0 Å². The van der Waals surface area contributed by atoms with Crippen LogP contribution < -0.4 is 0 Å². The van der Waals surface area contributed by atoms with Gasteiger partial charge in [-0.2, -0.15) is 0 Å². The van der Waals surface area contributed by atoms with E-state index >= 15 is 0 Å². The zero-order chi connectivity index (χ0) is 31.1. The van der Waals surface area contributed by atoms with Crippen molar-refractivity contribution in [2.24, 2.45) is 5.92 Å². The Morgan fingerprint density at radius 2 is 0.786 bits per heavy atom. The van der Waals surface area contributed by atoms with E-state index in [1.807, 2.05) is 0 Å². The predicted octanol–water partition coefficient (Wildman–Crippen LogP) is 10.4. The maximum absolute atomic E-state index is 12.5.